The van der Waals surface area contributed by atoms with E-state index in [4.69, 9.17) is 32.9 Å². The maximum Gasteiger partial charge on any atom is 0.136 e. The average Bonchev–Trinajstić information content (AvgIpc) is 2.83. The first-order chi connectivity index (χ1) is 9.51. The van der Waals surface area contributed by atoms with Gasteiger partial charge in [-0.1, -0.05) is 23.2 Å². The molecule has 1 heterocycles. The molecule has 0 spiro atoms. The molecule has 0 aliphatic rings. The first-order valence-electron chi connectivity index (χ1n) is 5.39. The van der Waals surface area contributed by atoms with Crippen molar-refractivity contribution in [3.63, 3.8) is 0 Å². The lowest BCUT2D eigenvalue weighted by molar-refractivity contribution is -0.298. The highest BCUT2D eigenvalue weighted by Gasteiger charge is 2.09. The highest BCUT2D eigenvalue weighted by Crippen LogP contribution is 2.31. The van der Waals surface area contributed by atoms with Gasteiger partial charge in [-0.2, -0.15) is 5.26 Å². The van der Waals surface area contributed by atoms with Gasteiger partial charge in [0, 0.05) is 16.7 Å². The van der Waals surface area contributed by atoms with E-state index in [1.807, 2.05) is 0 Å². The second kappa shape index (κ2) is 5.83. The third-order valence-corrected chi connectivity index (χ3v) is 3.00. The van der Waals surface area contributed by atoms with Crippen molar-refractivity contribution < 1.29 is 14.3 Å². The molecule has 0 saturated heterocycles. The van der Waals surface area contributed by atoms with Gasteiger partial charge >= 0.3 is 0 Å². The zero-order valence-corrected chi connectivity index (χ0v) is 11.4. The molecule has 0 N–H and O–H groups in total. The summed E-state index contributed by atoms with van der Waals surface area (Å²) in [5.74, 6) is -0.907. The van der Waals surface area contributed by atoms with Crippen molar-refractivity contribution in [2.45, 2.75) is 0 Å². The summed E-state index contributed by atoms with van der Waals surface area (Å²) in [5.41, 5.74) is 0.0933. The standard InChI is InChI=1S/C14H7Cl2NO3/c15-9-1-3-11(12(16)6-9)13-4-2-10(20-13)5-8(7-17)14(18)19/h1-6H,(H,18,19)/p-1/b8-5+. The van der Waals surface area contributed by atoms with Crippen molar-refractivity contribution in [3.05, 3.63) is 51.7 Å². The van der Waals surface area contributed by atoms with Gasteiger partial charge in [-0.3, -0.25) is 0 Å². The number of nitriles is 1. The zero-order chi connectivity index (χ0) is 14.7. The Morgan fingerprint density at radius 3 is 2.65 bits per heavy atom. The smallest absolute Gasteiger partial charge is 0.136 e. The Bertz CT molecular complexity index is 741. The van der Waals surface area contributed by atoms with E-state index in [2.05, 4.69) is 0 Å². The normalized spacial score (nSPS) is 11.2. The number of rotatable bonds is 3. The summed E-state index contributed by atoms with van der Waals surface area (Å²) < 4.78 is 5.43. The minimum atomic E-state index is -1.56. The van der Waals surface area contributed by atoms with Crippen LogP contribution in [0, 0.1) is 11.3 Å². The Morgan fingerprint density at radius 2 is 2.05 bits per heavy atom. The molecule has 1 aromatic heterocycles. The van der Waals surface area contributed by atoms with Crippen LogP contribution in [0.1, 0.15) is 5.76 Å². The lowest BCUT2D eigenvalue weighted by Crippen LogP contribution is -2.23. The highest BCUT2D eigenvalue weighted by atomic mass is 35.5. The molecule has 0 fully saturated rings. The zero-order valence-electron chi connectivity index (χ0n) is 9.89. The van der Waals surface area contributed by atoms with Crippen LogP contribution < -0.4 is 5.11 Å². The Balaban J connectivity index is 2.39. The summed E-state index contributed by atoms with van der Waals surface area (Å²) in [5, 5.41) is 20.2. The predicted molar refractivity (Wildman–Crippen MR) is 72.8 cm³/mol. The van der Waals surface area contributed by atoms with Crippen molar-refractivity contribution in [3.8, 4) is 17.4 Å². The number of aliphatic carboxylic acids is 1. The van der Waals surface area contributed by atoms with Gasteiger partial charge in [0.25, 0.3) is 0 Å². The van der Waals surface area contributed by atoms with E-state index in [-0.39, 0.29) is 5.76 Å². The fourth-order valence-corrected chi connectivity index (χ4v) is 2.05. The van der Waals surface area contributed by atoms with Crippen LogP contribution in [0.4, 0.5) is 0 Å². The van der Waals surface area contributed by atoms with E-state index < -0.39 is 11.5 Å². The topological polar surface area (TPSA) is 77.1 Å². The second-order valence-corrected chi connectivity index (χ2v) is 4.63. The van der Waals surface area contributed by atoms with E-state index in [1.54, 1.807) is 24.3 Å². The fraction of sp³-hybridized carbons (Fsp3) is 0. The summed E-state index contributed by atoms with van der Waals surface area (Å²) in [6.45, 7) is 0. The van der Waals surface area contributed by atoms with E-state index >= 15 is 0 Å². The molecule has 100 valence electrons. The van der Waals surface area contributed by atoms with E-state index in [9.17, 15) is 9.90 Å². The maximum atomic E-state index is 10.6. The first kappa shape index (κ1) is 14.2. The summed E-state index contributed by atoms with van der Waals surface area (Å²) in [4.78, 5) is 10.6. The van der Waals surface area contributed by atoms with Crippen LogP contribution >= 0.6 is 23.2 Å². The largest absolute Gasteiger partial charge is 0.544 e. The Labute approximate surface area is 124 Å². The number of carbonyl (C=O) groups is 1. The lowest BCUT2D eigenvalue weighted by Gasteiger charge is -2.01. The van der Waals surface area contributed by atoms with E-state index in [0.29, 0.717) is 21.4 Å². The molecule has 0 bridgehead atoms. The molecule has 0 radical (unpaired) electrons. The molecular formula is C14H6Cl2NO3-. The fourth-order valence-electron chi connectivity index (χ4n) is 1.54. The molecule has 6 heteroatoms. The summed E-state index contributed by atoms with van der Waals surface area (Å²) >= 11 is 11.8. The van der Waals surface area contributed by atoms with Gasteiger partial charge in [0.15, 0.2) is 0 Å². The number of halogens is 2. The van der Waals surface area contributed by atoms with E-state index in [0.717, 1.165) is 6.08 Å². The third-order valence-electron chi connectivity index (χ3n) is 2.45. The van der Waals surface area contributed by atoms with Crippen molar-refractivity contribution in [1.82, 2.24) is 0 Å². The first-order valence-corrected chi connectivity index (χ1v) is 6.15. The number of furan rings is 1. The number of benzene rings is 1. The molecule has 0 aliphatic heterocycles. The van der Waals surface area contributed by atoms with Crippen LogP contribution in [0.3, 0.4) is 0 Å². The molecule has 0 saturated carbocycles. The molecule has 2 rings (SSSR count). The summed E-state index contributed by atoms with van der Waals surface area (Å²) in [6.07, 6.45) is 1.09. The number of carbonyl (C=O) groups excluding carboxylic acids is 1. The average molecular weight is 307 g/mol. The number of hydrogen-bond donors (Lipinski definition) is 0. The third kappa shape index (κ3) is 3.02. The number of nitrogens with zero attached hydrogens (tertiary/aromatic N) is 1. The molecule has 20 heavy (non-hydrogen) atoms. The molecule has 0 unspecified atom stereocenters. The summed E-state index contributed by atoms with van der Waals surface area (Å²) in [7, 11) is 0. The van der Waals surface area contributed by atoms with Crippen LogP contribution in [-0.2, 0) is 4.79 Å². The van der Waals surface area contributed by atoms with Gasteiger partial charge in [-0.15, -0.1) is 0 Å². The second-order valence-electron chi connectivity index (χ2n) is 3.78. The van der Waals surface area contributed by atoms with Crippen molar-refractivity contribution >= 4 is 35.2 Å². The number of carboxylic acid groups (broad SMARTS) is 1. The van der Waals surface area contributed by atoms with Gasteiger partial charge in [-0.05, 0) is 30.3 Å². The summed E-state index contributed by atoms with van der Waals surface area (Å²) in [6, 6.07) is 9.56. The number of carboxylic acids is 1. The number of hydrogen-bond acceptors (Lipinski definition) is 4. The Hall–Kier alpha value is -2.22. The predicted octanol–water partition coefficient (Wildman–Crippen LogP) is 2.91. The molecule has 0 amide bonds. The quantitative estimate of drug-likeness (QED) is 0.645. The minimum absolute atomic E-state index is 0.215. The maximum absolute atomic E-state index is 10.6. The van der Waals surface area contributed by atoms with Crippen molar-refractivity contribution in [2.24, 2.45) is 0 Å². The highest BCUT2D eigenvalue weighted by molar-refractivity contribution is 6.36. The van der Waals surface area contributed by atoms with E-state index in [1.165, 1.54) is 12.1 Å². The molecule has 0 atom stereocenters. The van der Waals surface area contributed by atoms with Gasteiger partial charge in [0.1, 0.15) is 17.6 Å². The van der Waals surface area contributed by atoms with Crippen LogP contribution in [0.5, 0.6) is 0 Å². The molecule has 2 aromatic rings. The lowest BCUT2D eigenvalue weighted by atomic mass is 10.2. The molecule has 4 nitrogen and oxygen atoms in total. The monoisotopic (exact) mass is 306 g/mol. The Morgan fingerprint density at radius 1 is 1.30 bits per heavy atom. The van der Waals surface area contributed by atoms with Crippen LogP contribution in [0.2, 0.25) is 10.0 Å². The molecule has 0 aliphatic carbocycles. The van der Waals surface area contributed by atoms with Crippen molar-refractivity contribution in [2.75, 3.05) is 0 Å². The molecular weight excluding hydrogens is 301 g/mol. The van der Waals surface area contributed by atoms with Crippen LogP contribution in [-0.4, -0.2) is 5.97 Å². The van der Waals surface area contributed by atoms with Crippen LogP contribution in [0.15, 0.2) is 40.3 Å². The van der Waals surface area contributed by atoms with Gasteiger partial charge in [0.05, 0.1) is 16.6 Å². The Kier molecular flexibility index (Phi) is 4.14. The SMILES string of the molecule is N#C/C(=C\c1ccc(-c2ccc(Cl)cc2Cl)o1)C(=O)[O-]. The van der Waals surface area contributed by atoms with Gasteiger partial charge in [0.2, 0.25) is 0 Å². The van der Waals surface area contributed by atoms with Crippen molar-refractivity contribution in [1.29, 1.82) is 5.26 Å². The minimum Gasteiger partial charge on any atom is -0.544 e. The molecule has 1 aromatic carbocycles. The van der Waals surface area contributed by atoms with Crippen LogP contribution in [0.25, 0.3) is 17.4 Å². The van der Waals surface area contributed by atoms with Gasteiger partial charge in [-0.25, -0.2) is 0 Å². The van der Waals surface area contributed by atoms with Gasteiger partial charge < -0.3 is 14.3 Å².